The average molecular weight is 344 g/mol. The molecule has 3 aromatic rings. The van der Waals surface area contributed by atoms with Crippen molar-refractivity contribution in [1.82, 2.24) is 0 Å². The number of carboxylic acid groups (broad SMARTS) is 1. The molecule has 2 aromatic carbocycles. The number of carbonyl (C=O) groups is 1. The number of para-hydroxylation sites is 1. The molecule has 5 heteroatoms. The summed E-state index contributed by atoms with van der Waals surface area (Å²) in [5, 5.41) is 13.5. The van der Waals surface area contributed by atoms with Gasteiger partial charge in [0.2, 0.25) is 0 Å². The van der Waals surface area contributed by atoms with Crippen LogP contribution in [0.2, 0.25) is 5.02 Å². The molecule has 116 valence electrons. The third-order valence-corrected chi connectivity index (χ3v) is 5.58. The first-order valence-corrected chi connectivity index (χ1v) is 8.62. The minimum atomic E-state index is -0.779. The molecule has 0 saturated carbocycles. The number of hydrogen-bond donors (Lipinski definition) is 1. The molecule has 4 rings (SSSR count). The van der Waals surface area contributed by atoms with E-state index in [2.05, 4.69) is 5.38 Å². The number of nitrogens with zero attached hydrogens (tertiary/aromatic N) is 1. The van der Waals surface area contributed by atoms with Crippen LogP contribution in [0.15, 0.2) is 47.8 Å². The Bertz CT molecular complexity index is 905. The van der Waals surface area contributed by atoms with Gasteiger partial charge in [0.15, 0.2) is 0 Å². The Balaban J connectivity index is 1.76. The van der Waals surface area contributed by atoms with E-state index in [0.717, 1.165) is 22.2 Å². The van der Waals surface area contributed by atoms with Crippen LogP contribution in [0.3, 0.4) is 0 Å². The van der Waals surface area contributed by atoms with Crippen molar-refractivity contribution in [2.75, 3.05) is 4.90 Å². The number of thiophene rings is 1. The zero-order valence-corrected chi connectivity index (χ0v) is 13.8. The van der Waals surface area contributed by atoms with Gasteiger partial charge in [-0.1, -0.05) is 29.8 Å². The van der Waals surface area contributed by atoms with E-state index in [0.29, 0.717) is 18.0 Å². The van der Waals surface area contributed by atoms with E-state index in [4.69, 9.17) is 11.6 Å². The lowest BCUT2D eigenvalue weighted by Crippen LogP contribution is -2.38. The number of aliphatic carboxylic acids is 1. The number of carboxylic acids is 1. The SMILES string of the molecule is O=C(O)C1Cc2ccccc2N1Cc1csc2ccc(Cl)cc12. The van der Waals surface area contributed by atoms with Crippen molar-refractivity contribution in [1.29, 1.82) is 0 Å². The maximum atomic E-state index is 11.7. The second-order valence-corrected chi connectivity index (χ2v) is 7.06. The van der Waals surface area contributed by atoms with Crippen LogP contribution in [0, 0.1) is 0 Å². The molecular weight excluding hydrogens is 330 g/mol. The standard InChI is InChI=1S/C18H14ClNO2S/c19-13-5-6-17-14(8-13)12(10-23-17)9-20-15-4-2-1-3-11(15)7-16(20)18(21)22/h1-6,8,10,16H,7,9H2,(H,21,22). The van der Waals surface area contributed by atoms with Crippen molar-refractivity contribution in [3.63, 3.8) is 0 Å². The van der Waals surface area contributed by atoms with Gasteiger partial charge in [0.1, 0.15) is 6.04 Å². The predicted octanol–water partition coefficient (Wildman–Crippen LogP) is 4.57. The highest BCUT2D eigenvalue weighted by Crippen LogP contribution is 2.36. The fraction of sp³-hybridized carbons (Fsp3) is 0.167. The molecule has 1 aliphatic heterocycles. The summed E-state index contributed by atoms with van der Waals surface area (Å²) in [4.78, 5) is 13.7. The number of fused-ring (bicyclic) bond motifs is 2. The Morgan fingerprint density at radius 1 is 1.30 bits per heavy atom. The third kappa shape index (κ3) is 2.48. The minimum Gasteiger partial charge on any atom is -0.480 e. The van der Waals surface area contributed by atoms with E-state index >= 15 is 0 Å². The molecule has 23 heavy (non-hydrogen) atoms. The van der Waals surface area contributed by atoms with Crippen LogP contribution < -0.4 is 4.90 Å². The van der Waals surface area contributed by atoms with E-state index in [1.807, 2.05) is 47.4 Å². The summed E-state index contributed by atoms with van der Waals surface area (Å²) in [6.45, 7) is 0.578. The van der Waals surface area contributed by atoms with Crippen molar-refractivity contribution in [3.8, 4) is 0 Å². The molecule has 1 aromatic heterocycles. The van der Waals surface area contributed by atoms with Gasteiger partial charge in [-0.3, -0.25) is 0 Å². The average Bonchev–Trinajstić information content (AvgIpc) is 3.10. The van der Waals surface area contributed by atoms with Gasteiger partial charge in [-0.2, -0.15) is 0 Å². The molecular formula is C18H14ClNO2S. The number of rotatable bonds is 3. The molecule has 0 aliphatic carbocycles. The molecule has 0 amide bonds. The number of halogens is 1. The summed E-state index contributed by atoms with van der Waals surface area (Å²) in [5.74, 6) is -0.779. The zero-order chi connectivity index (χ0) is 16.0. The topological polar surface area (TPSA) is 40.5 Å². The second kappa shape index (κ2) is 5.55. The van der Waals surface area contributed by atoms with E-state index in [1.54, 1.807) is 11.3 Å². The molecule has 2 heterocycles. The molecule has 0 spiro atoms. The Morgan fingerprint density at radius 3 is 2.96 bits per heavy atom. The van der Waals surface area contributed by atoms with Crippen molar-refractivity contribution >= 4 is 44.7 Å². The lowest BCUT2D eigenvalue weighted by atomic mass is 10.1. The maximum absolute atomic E-state index is 11.7. The van der Waals surface area contributed by atoms with Crippen LogP contribution in [0.5, 0.6) is 0 Å². The molecule has 3 nitrogen and oxygen atoms in total. The summed E-state index contributed by atoms with van der Waals surface area (Å²) >= 11 is 7.79. The lowest BCUT2D eigenvalue weighted by molar-refractivity contribution is -0.138. The number of hydrogen-bond acceptors (Lipinski definition) is 3. The Labute approximate surface area is 142 Å². The van der Waals surface area contributed by atoms with Crippen molar-refractivity contribution in [2.45, 2.75) is 19.0 Å². The Morgan fingerprint density at radius 2 is 2.13 bits per heavy atom. The van der Waals surface area contributed by atoms with Crippen molar-refractivity contribution < 1.29 is 9.90 Å². The first kappa shape index (κ1) is 14.5. The first-order chi connectivity index (χ1) is 11.1. The Kier molecular flexibility index (Phi) is 3.51. The smallest absolute Gasteiger partial charge is 0.326 e. The highest BCUT2D eigenvalue weighted by Gasteiger charge is 2.34. The summed E-state index contributed by atoms with van der Waals surface area (Å²) in [7, 11) is 0. The quantitative estimate of drug-likeness (QED) is 0.757. The number of anilines is 1. The normalized spacial score (nSPS) is 16.7. The van der Waals surface area contributed by atoms with Crippen LogP contribution in [0.25, 0.3) is 10.1 Å². The van der Waals surface area contributed by atoms with Gasteiger partial charge in [-0.15, -0.1) is 11.3 Å². The van der Waals surface area contributed by atoms with Gasteiger partial charge in [0.05, 0.1) is 0 Å². The van der Waals surface area contributed by atoms with E-state index < -0.39 is 12.0 Å². The highest BCUT2D eigenvalue weighted by atomic mass is 35.5. The summed E-state index contributed by atoms with van der Waals surface area (Å²) in [5.41, 5.74) is 3.23. The molecule has 1 aliphatic rings. The van der Waals surface area contributed by atoms with Crippen LogP contribution in [-0.4, -0.2) is 17.1 Å². The third-order valence-electron chi connectivity index (χ3n) is 4.33. The monoisotopic (exact) mass is 343 g/mol. The summed E-state index contributed by atoms with van der Waals surface area (Å²) in [6.07, 6.45) is 0.550. The molecule has 1 unspecified atom stereocenters. The second-order valence-electron chi connectivity index (χ2n) is 5.72. The molecule has 1 atom stereocenters. The maximum Gasteiger partial charge on any atom is 0.326 e. The Hall–Kier alpha value is -2.04. The molecule has 0 bridgehead atoms. The van der Waals surface area contributed by atoms with Crippen LogP contribution >= 0.6 is 22.9 Å². The van der Waals surface area contributed by atoms with Gasteiger partial charge in [-0.25, -0.2) is 4.79 Å². The fourth-order valence-electron chi connectivity index (χ4n) is 3.23. The zero-order valence-electron chi connectivity index (χ0n) is 12.2. The van der Waals surface area contributed by atoms with Crippen LogP contribution in [0.1, 0.15) is 11.1 Å². The number of benzene rings is 2. The fourth-order valence-corrected chi connectivity index (χ4v) is 4.33. The minimum absolute atomic E-state index is 0.512. The molecule has 0 saturated heterocycles. The van der Waals surface area contributed by atoms with Gasteiger partial charge >= 0.3 is 5.97 Å². The molecule has 1 N–H and O–H groups in total. The van der Waals surface area contributed by atoms with Crippen LogP contribution in [-0.2, 0) is 17.8 Å². The summed E-state index contributed by atoms with van der Waals surface area (Å²) < 4.78 is 1.17. The van der Waals surface area contributed by atoms with Gasteiger partial charge in [0, 0.05) is 28.4 Å². The van der Waals surface area contributed by atoms with Crippen LogP contribution in [0.4, 0.5) is 5.69 Å². The predicted molar refractivity (Wildman–Crippen MR) is 94.6 cm³/mol. The van der Waals surface area contributed by atoms with Gasteiger partial charge in [-0.05, 0) is 46.2 Å². The first-order valence-electron chi connectivity index (χ1n) is 7.36. The molecule has 0 fully saturated rings. The van der Waals surface area contributed by atoms with E-state index in [9.17, 15) is 9.90 Å². The van der Waals surface area contributed by atoms with Crippen molar-refractivity contribution in [2.24, 2.45) is 0 Å². The van der Waals surface area contributed by atoms with Crippen molar-refractivity contribution in [3.05, 3.63) is 64.0 Å². The van der Waals surface area contributed by atoms with Gasteiger partial charge < -0.3 is 10.0 Å². The molecule has 0 radical (unpaired) electrons. The van der Waals surface area contributed by atoms with Gasteiger partial charge in [0.25, 0.3) is 0 Å². The largest absolute Gasteiger partial charge is 0.480 e. The van der Waals surface area contributed by atoms with E-state index in [-0.39, 0.29) is 0 Å². The summed E-state index contributed by atoms with van der Waals surface area (Å²) in [6, 6.07) is 13.3. The van der Waals surface area contributed by atoms with E-state index in [1.165, 1.54) is 4.70 Å². The highest BCUT2D eigenvalue weighted by molar-refractivity contribution is 7.17. The lowest BCUT2D eigenvalue weighted by Gasteiger charge is -2.24.